The molecule has 1 aromatic rings. The third-order valence-corrected chi connectivity index (χ3v) is 6.12. The highest BCUT2D eigenvalue weighted by Gasteiger charge is 2.36. The van der Waals surface area contributed by atoms with E-state index in [4.69, 9.17) is 5.11 Å². The van der Waals surface area contributed by atoms with Crippen LogP contribution in [0.5, 0.6) is 0 Å². The summed E-state index contributed by atoms with van der Waals surface area (Å²) >= 11 is 0. The average molecular weight is 315 g/mol. The molecule has 0 atom stereocenters. The third kappa shape index (κ3) is 3.26. The molecule has 0 amide bonds. The Bertz CT molecular complexity index is 598. The van der Waals surface area contributed by atoms with E-state index in [0.29, 0.717) is 11.4 Å². The number of carbonyl (C=O) groups is 1. The number of sulfonamides is 1. The summed E-state index contributed by atoms with van der Waals surface area (Å²) in [6.07, 6.45) is 3.34. The van der Waals surface area contributed by atoms with Gasteiger partial charge in [0.25, 0.3) is 0 Å². The number of aryl methyl sites for hydroxylation is 2. The van der Waals surface area contributed by atoms with Crippen LogP contribution >= 0.6 is 0 Å². The molecule has 0 radical (unpaired) electrons. The summed E-state index contributed by atoms with van der Waals surface area (Å²) in [5.41, 5.74) is 0.914. The minimum Gasteiger partial charge on any atom is -0.481 e. The van der Waals surface area contributed by atoms with E-state index in [2.05, 4.69) is 10.2 Å². The summed E-state index contributed by atoms with van der Waals surface area (Å²) in [6.45, 7) is 3.31. The van der Waals surface area contributed by atoms with E-state index in [1.807, 2.05) is 0 Å². The average Bonchev–Trinajstić information content (AvgIpc) is 2.99. The number of rotatable bonds is 6. The van der Waals surface area contributed by atoms with Crippen LogP contribution in [-0.2, 0) is 14.8 Å². The van der Waals surface area contributed by atoms with E-state index in [-0.39, 0.29) is 23.9 Å². The maximum atomic E-state index is 12.9. The smallest absolute Gasteiger partial charge is 0.304 e. The molecule has 0 aromatic carbocycles. The van der Waals surface area contributed by atoms with Gasteiger partial charge in [-0.05, 0) is 26.7 Å². The van der Waals surface area contributed by atoms with Gasteiger partial charge < -0.3 is 5.11 Å². The van der Waals surface area contributed by atoms with Gasteiger partial charge in [0.05, 0.1) is 17.8 Å². The van der Waals surface area contributed by atoms with Gasteiger partial charge in [-0.2, -0.15) is 9.40 Å². The molecule has 7 nitrogen and oxygen atoms in total. The van der Waals surface area contributed by atoms with Crippen molar-refractivity contribution in [3.05, 3.63) is 11.4 Å². The van der Waals surface area contributed by atoms with Crippen LogP contribution in [-0.4, -0.2) is 46.6 Å². The SMILES string of the molecule is Cc1n[nH]c(C)c1S(=O)(=O)N(CCC(=O)O)C1CCCC1. The van der Waals surface area contributed by atoms with Crippen LogP contribution in [0.25, 0.3) is 0 Å². The molecule has 2 rings (SSSR count). The zero-order chi connectivity index (χ0) is 15.6. The number of aromatic nitrogens is 2. The van der Waals surface area contributed by atoms with Crippen molar-refractivity contribution in [1.29, 1.82) is 0 Å². The molecule has 0 saturated heterocycles. The Labute approximate surface area is 124 Å². The second-order valence-corrected chi connectivity index (χ2v) is 7.29. The molecule has 1 fully saturated rings. The first-order chi connectivity index (χ1) is 9.84. The predicted molar refractivity (Wildman–Crippen MR) is 76.5 cm³/mol. The first-order valence-electron chi connectivity index (χ1n) is 7.09. The summed E-state index contributed by atoms with van der Waals surface area (Å²) in [5.74, 6) is -0.992. The van der Waals surface area contributed by atoms with E-state index >= 15 is 0 Å². The van der Waals surface area contributed by atoms with Crippen LogP contribution in [0.3, 0.4) is 0 Å². The fourth-order valence-electron chi connectivity index (χ4n) is 2.94. The van der Waals surface area contributed by atoms with Crippen molar-refractivity contribution in [2.24, 2.45) is 0 Å². The van der Waals surface area contributed by atoms with Crippen LogP contribution in [0.2, 0.25) is 0 Å². The summed E-state index contributed by atoms with van der Waals surface area (Å²) in [5, 5.41) is 15.5. The fraction of sp³-hybridized carbons (Fsp3) is 0.692. The van der Waals surface area contributed by atoms with Crippen molar-refractivity contribution in [2.75, 3.05) is 6.54 Å². The quantitative estimate of drug-likeness (QED) is 0.826. The Morgan fingerprint density at radius 1 is 1.38 bits per heavy atom. The molecule has 1 heterocycles. The number of carboxylic acid groups (broad SMARTS) is 1. The first-order valence-corrected chi connectivity index (χ1v) is 8.53. The van der Waals surface area contributed by atoms with Gasteiger partial charge in [0.2, 0.25) is 10.0 Å². The van der Waals surface area contributed by atoms with Gasteiger partial charge in [-0.15, -0.1) is 0 Å². The summed E-state index contributed by atoms with van der Waals surface area (Å²) < 4.78 is 27.2. The van der Waals surface area contributed by atoms with Crippen LogP contribution in [0.4, 0.5) is 0 Å². The van der Waals surface area contributed by atoms with Gasteiger partial charge in [-0.3, -0.25) is 9.89 Å². The second-order valence-electron chi connectivity index (χ2n) is 5.46. The lowest BCUT2D eigenvalue weighted by molar-refractivity contribution is -0.137. The monoisotopic (exact) mass is 315 g/mol. The number of hydrogen-bond acceptors (Lipinski definition) is 4. The van der Waals surface area contributed by atoms with E-state index in [0.717, 1.165) is 25.7 Å². The van der Waals surface area contributed by atoms with E-state index in [9.17, 15) is 13.2 Å². The lowest BCUT2D eigenvalue weighted by Crippen LogP contribution is -2.40. The van der Waals surface area contributed by atoms with Crippen LogP contribution < -0.4 is 0 Å². The molecule has 118 valence electrons. The molecule has 21 heavy (non-hydrogen) atoms. The van der Waals surface area contributed by atoms with Gasteiger partial charge in [0.15, 0.2) is 0 Å². The van der Waals surface area contributed by atoms with Crippen molar-refractivity contribution in [2.45, 2.75) is 56.9 Å². The number of hydrogen-bond donors (Lipinski definition) is 2. The van der Waals surface area contributed by atoms with Crippen LogP contribution in [0.15, 0.2) is 4.90 Å². The van der Waals surface area contributed by atoms with Gasteiger partial charge in [-0.25, -0.2) is 8.42 Å². The molecule has 0 aliphatic heterocycles. The highest BCUT2D eigenvalue weighted by atomic mass is 32.2. The highest BCUT2D eigenvalue weighted by Crippen LogP contribution is 2.30. The summed E-state index contributed by atoms with van der Waals surface area (Å²) in [6, 6.07) is -0.108. The van der Waals surface area contributed by atoms with Gasteiger partial charge in [0.1, 0.15) is 4.90 Å². The molecule has 1 aromatic heterocycles. The Morgan fingerprint density at radius 2 is 2.00 bits per heavy atom. The Balaban J connectivity index is 2.36. The lowest BCUT2D eigenvalue weighted by atomic mass is 10.2. The number of nitrogens with one attached hydrogen (secondary N) is 1. The van der Waals surface area contributed by atoms with Crippen molar-refractivity contribution >= 4 is 16.0 Å². The standard InChI is InChI=1S/C13H21N3O4S/c1-9-13(10(2)15-14-9)21(19,20)16(8-7-12(17)18)11-5-3-4-6-11/h11H,3-8H2,1-2H3,(H,14,15)(H,17,18). The Kier molecular flexibility index (Phi) is 4.67. The maximum Gasteiger partial charge on any atom is 0.304 e. The molecule has 0 bridgehead atoms. The minimum atomic E-state index is -3.72. The van der Waals surface area contributed by atoms with Crippen LogP contribution in [0.1, 0.15) is 43.5 Å². The van der Waals surface area contributed by atoms with Gasteiger partial charge >= 0.3 is 5.97 Å². The second kappa shape index (κ2) is 6.15. The van der Waals surface area contributed by atoms with Gasteiger partial charge in [-0.1, -0.05) is 12.8 Å². The number of H-pyrrole nitrogens is 1. The fourth-order valence-corrected chi connectivity index (χ4v) is 4.96. The van der Waals surface area contributed by atoms with Crippen molar-refractivity contribution in [1.82, 2.24) is 14.5 Å². The van der Waals surface area contributed by atoms with E-state index in [1.165, 1.54) is 4.31 Å². The topological polar surface area (TPSA) is 103 Å². The molecule has 8 heteroatoms. The zero-order valence-corrected chi connectivity index (χ0v) is 13.1. The Morgan fingerprint density at radius 3 is 2.48 bits per heavy atom. The number of aliphatic carboxylic acids is 1. The lowest BCUT2D eigenvalue weighted by Gasteiger charge is -2.27. The third-order valence-electron chi connectivity index (χ3n) is 3.91. The van der Waals surface area contributed by atoms with E-state index < -0.39 is 16.0 Å². The highest BCUT2D eigenvalue weighted by molar-refractivity contribution is 7.89. The van der Waals surface area contributed by atoms with Crippen molar-refractivity contribution < 1.29 is 18.3 Å². The van der Waals surface area contributed by atoms with Crippen molar-refractivity contribution in [3.63, 3.8) is 0 Å². The largest absolute Gasteiger partial charge is 0.481 e. The summed E-state index contributed by atoms with van der Waals surface area (Å²) in [4.78, 5) is 11.0. The zero-order valence-electron chi connectivity index (χ0n) is 12.3. The van der Waals surface area contributed by atoms with Crippen molar-refractivity contribution in [3.8, 4) is 0 Å². The molecule has 1 aliphatic carbocycles. The molecular formula is C13H21N3O4S. The maximum absolute atomic E-state index is 12.9. The molecule has 0 unspecified atom stereocenters. The first kappa shape index (κ1) is 16.0. The number of nitrogens with zero attached hydrogens (tertiary/aromatic N) is 2. The molecule has 0 spiro atoms. The number of aromatic amines is 1. The minimum absolute atomic E-state index is 0.00634. The molecule has 1 aliphatic rings. The molecule has 2 N–H and O–H groups in total. The molecular weight excluding hydrogens is 294 g/mol. The Hall–Kier alpha value is -1.41. The van der Waals surface area contributed by atoms with Crippen LogP contribution in [0, 0.1) is 13.8 Å². The normalized spacial score (nSPS) is 16.7. The number of carboxylic acids is 1. The predicted octanol–water partition coefficient (Wildman–Crippen LogP) is 1.43. The summed E-state index contributed by atoms with van der Waals surface area (Å²) in [7, 11) is -3.72. The van der Waals surface area contributed by atoms with E-state index in [1.54, 1.807) is 13.8 Å². The van der Waals surface area contributed by atoms with Gasteiger partial charge in [0, 0.05) is 12.6 Å². The molecule has 1 saturated carbocycles.